The Morgan fingerprint density at radius 2 is 1.83 bits per heavy atom. The van der Waals surface area contributed by atoms with Crippen molar-refractivity contribution >= 4 is 5.78 Å². The topological polar surface area (TPSA) is 35.5 Å². The number of benzene rings is 1. The number of ketones is 1. The number of carbonyl (C=O) groups is 1. The molecule has 0 aromatic heterocycles. The summed E-state index contributed by atoms with van der Waals surface area (Å²) in [6.07, 6.45) is 7.63. The normalized spacial score (nSPS) is 33.4. The molecule has 2 saturated carbocycles. The Kier molecular flexibility index (Phi) is 4.02. The first-order valence-electron chi connectivity index (χ1n) is 9.08. The zero-order chi connectivity index (χ0) is 15.8. The van der Waals surface area contributed by atoms with Crippen molar-refractivity contribution in [2.75, 3.05) is 13.2 Å². The van der Waals surface area contributed by atoms with Gasteiger partial charge in [0.05, 0.1) is 13.2 Å². The van der Waals surface area contributed by atoms with Crippen LogP contribution in [0.3, 0.4) is 0 Å². The van der Waals surface area contributed by atoms with Crippen molar-refractivity contribution in [3.8, 4) is 0 Å². The summed E-state index contributed by atoms with van der Waals surface area (Å²) in [4.78, 5) is 13.1. The van der Waals surface area contributed by atoms with Gasteiger partial charge in [0.15, 0.2) is 5.79 Å². The molecule has 0 radical (unpaired) electrons. The minimum atomic E-state index is -0.393. The lowest BCUT2D eigenvalue weighted by Gasteiger charge is -2.48. The number of Topliss-reactive ketones (excluding diaryl/α,β-unsaturated/α-hetero) is 1. The van der Waals surface area contributed by atoms with Gasteiger partial charge in [-0.2, -0.15) is 0 Å². The van der Waals surface area contributed by atoms with Gasteiger partial charge in [-0.05, 0) is 37.2 Å². The maximum atomic E-state index is 13.1. The van der Waals surface area contributed by atoms with E-state index in [4.69, 9.17) is 9.47 Å². The highest BCUT2D eigenvalue weighted by molar-refractivity contribution is 5.86. The Bertz CT molecular complexity index is 562. The first kappa shape index (κ1) is 15.3. The van der Waals surface area contributed by atoms with Crippen LogP contribution in [0.25, 0.3) is 0 Å². The maximum Gasteiger partial charge on any atom is 0.168 e. The molecule has 1 spiro atoms. The molecule has 2 unspecified atom stereocenters. The lowest BCUT2D eigenvalue weighted by molar-refractivity contribution is -0.207. The molecule has 1 aromatic carbocycles. The summed E-state index contributed by atoms with van der Waals surface area (Å²) < 4.78 is 11.9. The molecule has 23 heavy (non-hydrogen) atoms. The predicted molar refractivity (Wildman–Crippen MR) is 88.0 cm³/mol. The number of fused-ring (bicyclic) bond motifs is 1. The molecule has 3 aliphatic rings. The smallest absolute Gasteiger partial charge is 0.168 e. The SMILES string of the molecule is O=C1CCCCC2CC3(CCC12Cc1ccccc1)OCCO3. The van der Waals surface area contributed by atoms with E-state index in [1.807, 2.05) is 6.07 Å². The summed E-state index contributed by atoms with van der Waals surface area (Å²) in [6.45, 7) is 1.40. The molecule has 3 fully saturated rings. The van der Waals surface area contributed by atoms with Crippen LogP contribution in [0.15, 0.2) is 30.3 Å². The second-order valence-electron chi connectivity index (χ2n) is 7.50. The molecule has 3 nitrogen and oxygen atoms in total. The molecule has 0 amide bonds. The lowest BCUT2D eigenvalue weighted by atomic mass is 9.59. The van der Waals surface area contributed by atoms with Crippen molar-refractivity contribution in [2.45, 2.75) is 57.2 Å². The second-order valence-corrected chi connectivity index (χ2v) is 7.50. The third-order valence-electron chi connectivity index (χ3n) is 6.23. The maximum absolute atomic E-state index is 13.1. The van der Waals surface area contributed by atoms with Crippen molar-refractivity contribution < 1.29 is 14.3 Å². The van der Waals surface area contributed by atoms with Crippen molar-refractivity contribution in [1.29, 1.82) is 0 Å². The average molecular weight is 314 g/mol. The van der Waals surface area contributed by atoms with Crippen molar-refractivity contribution in [1.82, 2.24) is 0 Å². The quantitative estimate of drug-likeness (QED) is 0.830. The van der Waals surface area contributed by atoms with Gasteiger partial charge in [-0.3, -0.25) is 4.79 Å². The van der Waals surface area contributed by atoms with Crippen molar-refractivity contribution in [3.05, 3.63) is 35.9 Å². The van der Waals surface area contributed by atoms with E-state index in [1.54, 1.807) is 0 Å². The molecule has 1 heterocycles. The molecule has 1 aromatic rings. The molecular weight excluding hydrogens is 288 g/mol. The summed E-state index contributed by atoms with van der Waals surface area (Å²) in [6, 6.07) is 10.5. The van der Waals surface area contributed by atoms with Gasteiger partial charge in [0, 0.05) is 24.7 Å². The van der Waals surface area contributed by atoms with Gasteiger partial charge in [0.25, 0.3) is 0 Å². The van der Waals surface area contributed by atoms with Crippen LogP contribution in [0.2, 0.25) is 0 Å². The Balaban J connectivity index is 1.65. The molecular formula is C20H26O3. The lowest BCUT2D eigenvalue weighted by Crippen LogP contribution is -2.50. The third-order valence-corrected chi connectivity index (χ3v) is 6.23. The highest BCUT2D eigenvalue weighted by atomic mass is 16.7. The molecule has 1 aliphatic heterocycles. The van der Waals surface area contributed by atoms with Crippen LogP contribution in [-0.4, -0.2) is 24.8 Å². The van der Waals surface area contributed by atoms with Crippen molar-refractivity contribution in [3.63, 3.8) is 0 Å². The molecule has 4 rings (SSSR count). The summed E-state index contributed by atoms with van der Waals surface area (Å²) >= 11 is 0. The van der Waals surface area contributed by atoms with Crippen LogP contribution in [0, 0.1) is 11.3 Å². The van der Waals surface area contributed by atoms with Crippen LogP contribution in [-0.2, 0) is 20.7 Å². The standard InChI is InChI=1S/C20H26O3/c21-18-9-5-4-8-17-15-20(22-12-13-23-20)11-10-19(17,18)14-16-6-2-1-3-7-16/h1-3,6-7,17H,4-5,8-15H2. The van der Waals surface area contributed by atoms with Gasteiger partial charge >= 0.3 is 0 Å². The number of hydrogen-bond donors (Lipinski definition) is 0. The highest BCUT2D eigenvalue weighted by Crippen LogP contribution is 2.54. The fraction of sp³-hybridized carbons (Fsp3) is 0.650. The van der Waals surface area contributed by atoms with E-state index in [0.29, 0.717) is 24.9 Å². The Hall–Kier alpha value is -1.19. The van der Waals surface area contributed by atoms with E-state index >= 15 is 0 Å². The van der Waals surface area contributed by atoms with Gasteiger partial charge in [-0.15, -0.1) is 0 Å². The molecule has 1 saturated heterocycles. The number of carbonyl (C=O) groups excluding carboxylic acids is 1. The monoisotopic (exact) mass is 314 g/mol. The average Bonchev–Trinajstić information content (AvgIpc) is 2.96. The summed E-state index contributed by atoms with van der Waals surface area (Å²) in [7, 11) is 0. The molecule has 2 aliphatic carbocycles. The van der Waals surface area contributed by atoms with Crippen LogP contribution in [0.4, 0.5) is 0 Å². The molecule has 124 valence electrons. The van der Waals surface area contributed by atoms with E-state index < -0.39 is 5.79 Å². The molecule has 3 heteroatoms. The first-order valence-corrected chi connectivity index (χ1v) is 9.08. The first-order chi connectivity index (χ1) is 11.2. The van der Waals surface area contributed by atoms with Crippen LogP contribution >= 0.6 is 0 Å². The van der Waals surface area contributed by atoms with Crippen LogP contribution in [0.5, 0.6) is 0 Å². The fourth-order valence-electron chi connectivity index (χ4n) is 5.01. The largest absolute Gasteiger partial charge is 0.348 e. The minimum Gasteiger partial charge on any atom is -0.348 e. The Morgan fingerprint density at radius 1 is 1.04 bits per heavy atom. The van der Waals surface area contributed by atoms with Gasteiger partial charge in [-0.25, -0.2) is 0 Å². The van der Waals surface area contributed by atoms with Gasteiger partial charge in [0.2, 0.25) is 0 Å². The molecule has 2 atom stereocenters. The van der Waals surface area contributed by atoms with Crippen LogP contribution < -0.4 is 0 Å². The minimum absolute atomic E-state index is 0.196. The van der Waals surface area contributed by atoms with E-state index in [1.165, 1.54) is 5.56 Å². The van der Waals surface area contributed by atoms with Gasteiger partial charge in [-0.1, -0.05) is 36.8 Å². The molecule has 0 bridgehead atoms. The highest BCUT2D eigenvalue weighted by Gasteiger charge is 2.55. The van der Waals surface area contributed by atoms with E-state index in [0.717, 1.165) is 51.4 Å². The molecule has 0 N–H and O–H groups in total. The van der Waals surface area contributed by atoms with E-state index in [2.05, 4.69) is 24.3 Å². The number of ether oxygens (including phenoxy) is 2. The zero-order valence-corrected chi connectivity index (χ0v) is 13.8. The fourth-order valence-corrected chi connectivity index (χ4v) is 5.01. The zero-order valence-electron chi connectivity index (χ0n) is 13.8. The Morgan fingerprint density at radius 3 is 2.61 bits per heavy atom. The van der Waals surface area contributed by atoms with Gasteiger partial charge in [0.1, 0.15) is 5.78 Å². The van der Waals surface area contributed by atoms with E-state index in [-0.39, 0.29) is 5.41 Å². The summed E-state index contributed by atoms with van der Waals surface area (Å²) in [5, 5.41) is 0. The van der Waals surface area contributed by atoms with Crippen molar-refractivity contribution in [2.24, 2.45) is 11.3 Å². The second kappa shape index (κ2) is 6.03. The summed E-state index contributed by atoms with van der Waals surface area (Å²) in [5.74, 6) is 0.483. The Labute approximate surface area is 138 Å². The number of rotatable bonds is 2. The van der Waals surface area contributed by atoms with Crippen LogP contribution in [0.1, 0.15) is 50.5 Å². The summed E-state index contributed by atoms with van der Waals surface area (Å²) in [5.41, 5.74) is 1.09. The predicted octanol–water partition coefficient (Wildman–Crippen LogP) is 3.90. The number of hydrogen-bond acceptors (Lipinski definition) is 3. The van der Waals surface area contributed by atoms with E-state index in [9.17, 15) is 4.79 Å². The third kappa shape index (κ3) is 2.74. The van der Waals surface area contributed by atoms with Gasteiger partial charge < -0.3 is 9.47 Å².